The number of benzene rings is 2. The number of nitrogens with zero attached hydrogens (tertiary/aromatic N) is 1. The zero-order valence-electron chi connectivity index (χ0n) is 16.4. The van der Waals surface area contributed by atoms with Gasteiger partial charge in [-0.1, -0.05) is 0 Å². The number of hydrogen-bond donors (Lipinski definition) is 1. The fourth-order valence-electron chi connectivity index (χ4n) is 3.31. The van der Waals surface area contributed by atoms with Gasteiger partial charge in [-0.15, -0.1) is 0 Å². The largest absolute Gasteiger partial charge is 0.497 e. The highest BCUT2D eigenvalue weighted by Crippen LogP contribution is 2.19. The third-order valence-corrected chi connectivity index (χ3v) is 4.95. The minimum Gasteiger partial charge on any atom is -0.497 e. The van der Waals surface area contributed by atoms with E-state index in [0.29, 0.717) is 30.9 Å². The fourth-order valence-corrected chi connectivity index (χ4v) is 3.31. The van der Waals surface area contributed by atoms with Gasteiger partial charge >= 0.3 is 0 Å². The van der Waals surface area contributed by atoms with E-state index in [-0.39, 0.29) is 30.2 Å². The Hall–Kier alpha value is -3.09. The summed E-state index contributed by atoms with van der Waals surface area (Å²) < 4.78 is 23.6. The number of ether oxygens (including phenoxy) is 2. The molecule has 0 spiro atoms. The lowest BCUT2D eigenvalue weighted by atomic mass is 9.98. The van der Waals surface area contributed by atoms with E-state index in [1.807, 2.05) is 0 Å². The number of piperidine rings is 1. The molecule has 3 rings (SSSR count). The zero-order valence-corrected chi connectivity index (χ0v) is 16.4. The molecule has 2 aromatic carbocycles. The summed E-state index contributed by atoms with van der Waals surface area (Å²) in [6.45, 7) is 1.71. The van der Waals surface area contributed by atoms with Crippen molar-refractivity contribution in [3.63, 3.8) is 0 Å². The van der Waals surface area contributed by atoms with Gasteiger partial charge in [0.1, 0.15) is 17.3 Å². The Morgan fingerprint density at radius 3 is 2.48 bits per heavy atom. The van der Waals surface area contributed by atoms with Crippen LogP contribution < -0.4 is 14.8 Å². The summed E-state index contributed by atoms with van der Waals surface area (Å²) in [4.78, 5) is 26.4. The summed E-state index contributed by atoms with van der Waals surface area (Å²) in [7, 11) is 1.59. The van der Waals surface area contributed by atoms with Crippen LogP contribution in [-0.2, 0) is 4.79 Å². The number of hydrogen-bond acceptors (Lipinski definition) is 4. The Morgan fingerprint density at radius 2 is 1.79 bits per heavy atom. The molecule has 1 atom stereocenters. The maximum Gasteiger partial charge on any atom is 0.260 e. The molecular formula is C22H25FN2O4. The summed E-state index contributed by atoms with van der Waals surface area (Å²) in [5, 5.41) is 2.87. The first kappa shape index (κ1) is 20.6. The normalized spacial score (nSPS) is 16.2. The van der Waals surface area contributed by atoms with E-state index in [0.717, 1.165) is 18.6 Å². The van der Waals surface area contributed by atoms with Crippen LogP contribution >= 0.6 is 0 Å². The number of carbonyl (C=O) groups is 2. The third kappa shape index (κ3) is 5.94. The molecule has 0 aromatic heterocycles. The lowest BCUT2D eigenvalue weighted by Gasteiger charge is -2.32. The standard InChI is InChI=1S/C22H25FN2O4/c1-28-19-8-10-20(11-9-19)29-15-21(26)25-12-2-3-16(14-25)13-24-22(27)17-4-6-18(23)7-5-17/h4-11,16H,2-3,12-15H2,1H3,(H,24,27)/t16-/m1/s1. The molecule has 2 amide bonds. The Bertz CT molecular complexity index is 824. The topological polar surface area (TPSA) is 67.9 Å². The van der Waals surface area contributed by atoms with Crippen molar-refractivity contribution in [1.82, 2.24) is 10.2 Å². The van der Waals surface area contributed by atoms with Gasteiger partial charge in [0, 0.05) is 25.2 Å². The number of rotatable bonds is 7. The van der Waals surface area contributed by atoms with Crippen molar-refractivity contribution >= 4 is 11.8 Å². The minimum absolute atomic E-state index is 0.0268. The van der Waals surface area contributed by atoms with Crippen molar-refractivity contribution in [3.8, 4) is 11.5 Å². The van der Waals surface area contributed by atoms with Gasteiger partial charge in [0.15, 0.2) is 6.61 Å². The van der Waals surface area contributed by atoms with Gasteiger partial charge in [-0.2, -0.15) is 0 Å². The van der Waals surface area contributed by atoms with Gasteiger partial charge in [0.05, 0.1) is 7.11 Å². The van der Waals surface area contributed by atoms with E-state index in [2.05, 4.69) is 5.32 Å². The number of nitrogens with one attached hydrogen (secondary N) is 1. The zero-order chi connectivity index (χ0) is 20.6. The van der Waals surface area contributed by atoms with E-state index in [1.54, 1.807) is 36.3 Å². The van der Waals surface area contributed by atoms with Crippen molar-refractivity contribution in [2.45, 2.75) is 12.8 Å². The number of halogens is 1. The molecule has 0 bridgehead atoms. The second-order valence-electron chi connectivity index (χ2n) is 7.03. The molecule has 1 heterocycles. The molecule has 1 aliphatic heterocycles. The van der Waals surface area contributed by atoms with Crippen molar-refractivity contribution in [3.05, 3.63) is 59.9 Å². The monoisotopic (exact) mass is 400 g/mol. The summed E-state index contributed by atoms with van der Waals surface area (Å²) in [5.41, 5.74) is 0.419. The molecule has 1 N–H and O–H groups in total. The average molecular weight is 400 g/mol. The number of likely N-dealkylation sites (tertiary alicyclic amines) is 1. The summed E-state index contributed by atoms with van der Waals surface area (Å²) in [5.74, 6) is 0.828. The Kier molecular flexibility index (Phi) is 7.05. The molecule has 7 heteroatoms. The van der Waals surface area contributed by atoms with Crippen LogP contribution in [0.4, 0.5) is 4.39 Å². The van der Waals surface area contributed by atoms with Crippen LogP contribution in [0.1, 0.15) is 23.2 Å². The van der Waals surface area contributed by atoms with E-state index in [9.17, 15) is 14.0 Å². The Labute approximate surface area is 169 Å². The highest BCUT2D eigenvalue weighted by Gasteiger charge is 2.24. The number of carbonyl (C=O) groups excluding carboxylic acids is 2. The molecule has 0 unspecified atom stereocenters. The van der Waals surface area contributed by atoms with E-state index < -0.39 is 0 Å². The van der Waals surface area contributed by atoms with Crippen LogP contribution in [0, 0.1) is 11.7 Å². The molecule has 0 radical (unpaired) electrons. The fraction of sp³-hybridized carbons (Fsp3) is 0.364. The van der Waals surface area contributed by atoms with E-state index >= 15 is 0 Å². The van der Waals surface area contributed by atoms with Crippen LogP contribution in [0.2, 0.25) is 0 Å². The molecule has 1 saturated heterocycles. The Morgan fingerprint density at radius 1 is 1.10 bits per heavy atom. The average Bonchev–Trinajstić information content (AvgIpc) is 2.77. The summed E-state index contributed by atoms with van der Waals surface area (Å²) in [6, 6.07) is 12.5. The lowest BCUT2D eigenvalue weighted by molar-refractivity contribution is -0.135. The van der Waals surface area contributed by atoms with Gasteiger partial charge < -0.3 is 19.7 Å². The maximum atomic E-state index is 13.0. The summed E-state index contributed by atoms with van der Waals surface area (Å²) in [6.07, 6.45) is 1.82. The maximum absolute atomic E-state index is 13.0. The van der Waals surface area contributed by atoms with Crippen LogP contribution in [0.15, 0.2) is 48.5 Å². The van der Waals surface area contributed by atoms with Crippen LogP contribution in [0.3, 0.4) is 0 Å². The van der Waals surface area contributed by atoms with E-state index in [4.69, 9.17) is 9.47 Å². The van der Waals surface area contributed by atoms with Crippen molar-refractivity contribution in [2.24, 2.45) is 5.92 Å². The summed E-state index contributed by atoms with van der Waals surface area (Å²) >= 11 is 0. The van der Waals surface area contributed by atoms with E-state index in [1.165, 1.54) is 24.3 Å². The first-order valence-electron chi connectivity index (χ1n) is 9.63. The second kappa shape index (κ2) is 9.91. The molecule has 6 nitrogen and oxygen atoms in total. The van der Waals surface area contributed by atoms with Crippen molar-refractivity contribution in [2.75, 3.05) is 33.4 Å². The second-order valence-corrected chi connectivity index (χ2v) is 7.03. The van der Waals surface area contributed by atoms with Gasteiger partial charge in [-0.3, -0.25) is 9.59 Å². The first-order chi connectivity index (χ1) is 14.0. The Balaban J connectivity index is 1.44. The lowest BCUT2D eigenvalue weighted by Crippen LogP contribution is -2.45. The van der Waals surface area contributed by atoms with Crippen LogP contribution in [0.25, 0.3) is 0 Å². The first-order valence-corrected chi connectivity index (χ1v) is 9.63. The van der Waals surface area contributed by atoms with Crippen LogP contribution in [-0.4, -0.2) is 50.1 Å². The van der Waals surface area contributed by atoms with Gasteiger partial charge in [-0.05, 0) is 67.3 Å². The number of amides is 2. The molecule has 0 aliphatic carbocycles. The quantitative estimate of drug-likeness (QED) is 0.776. The number of methoxy groups -OCH3 is 1. The highest BCUT2D eigenvalue weighted by atomic mass is 19.1. The van der Waals surface area contributed by atoms with Crippen molar-refractivity contribution in [1.29, 1.82) is 0 Å². The van der Waals surface area contributed by atoms with Gasteiger partial charge in [0.2, 0.25) is 0 Å². The highest BCUT2D eigenvalue weighted by molar-refractivity contribution is 5.94. The van der Waals surface area contributed by atoms with Gasteiger partial charge in [0.25, 0.3) is 11.8 Å². The predicted molar refractivity (Wildman–Crippen MR) is 107 cm³/mol. The molecule has 1 fully saturated rings. The SMILES string of the molecule is COc1ccc(OCC(=O)N2CCC[C@H](CNC(=O)c3ccc(F)cc3)C2)cc1. The molecule has 1 aliphatic rings. The molecule has 29 heavy (non-hydrogen) atoms. The smallest absolute Gasteiger partial charge is 0.260 e. The third-order valence-electron chi connectivity index (χ3n) is 4.95. The van der Waals surface area contributed by atoms with Crippen molar-refractivity contribution < 1.29 is 23.5 Å². The van der Waals surface area contributed by atoms with Crippen LogP contribution in [0.5, 0.6) is 11.5 Å². The van der Waals surface area contributed by atoms with Gasteiger partial charge in [-0.25, -0.2) is 4.39 Å². The molecule has 2 aromatic rings. The predicted octanol–water partition coefficient (Wildman–Crippen LogP) is 2.88. The molecule has 154 valence electrons. The minimum atomic E-state index is -0.375. The molecular weight excluding hydrogens is 375 g/mol. The molecule has 0 saturated carbocycles.